The molecule has 0 aliphatic rings. The normalized spacial score (nSPS) is 11.9. The smallest absolute Gasteiger partial charge is 0.258 e. The van der Waals surface area contributed by atoms with Gasteiger partial charge in [0.25, 0.3) is 5.56 Å². The van der Waals surface area contributed by atoms with E-state index in [1.807, 2.05) is 30.3 Å². The lowest BCUT2D eigenvalue weighted by Gasteiger charge is -2.21. The van der Waals surface area contributed by atoms with E-state index >= 15 is 0 Å². The summed E-state index contributed by atoms with van der Waals surface area (Å²) in [6.45, 7) is 8.37. The molecular weight excluding hydrogens is 382 g/mol. The third-order valence-electron chi connectivity index (χ3n) is 5.21. The third-order valence-corrected chi connectivity index (χ3v) is 5.63. The average molecular weight is 408 g/mol. The van der Waals surface area contributed by atoms with Gasteiger partial charge in [0.2, 0.25) is 0 Å². The number of fused-ring (bicyclic) bond motifs is 2. The molecule has 0 atom stereocenters. The van der Waals surface area contributed by atoms with Crippen LogP contribution >= 0.6 is 12.2 Å². The fourth-order valence-corrected chi connectivity index (χ4v) is 4.22. The second-order valence-electron chi connectivity index (χ2n) is 7.48. The Balaban J connectivity index is 1.70. The Morgan fingerprint density at radius 2 is 1.79 bits per heavy atom. The van der Waals surface area contributed by atoms with E-state index in [1.54, 1.807) is 6.07 Å². The highest BCUT2D eigenvalue weighted by Crippen LogP contribution is 2.22. The molecule has 6 nitrogen and oxygen atoms in total. The first-order valence-electron chi connectivity index (χ1n) is 9.89. The number of hydrogen-bond donors (Lipinski definition) is 1. The highest BCUT2D eigenvalue weighted by atomic mass is 32.1. The molecule has 4 rings (SSSR count). The molecule has 0 radical (unpaired) electrons. The Morgan fingerprint density at radius 1 is 1.10 bits per heavy atom. The van der Waals surface area contributed by atoms with Crippen molar-refractivity contribution in [1.29, 1.82) is 0 Å². The number of aromatic nitrogens is 4. The number of rotatable bonds is 6. The van der Waals surface area contributed by atoms with Crippen molar-refractivity contribution in [2.45, 2.75) is 40.0 Å². The van der Waals surface area contributed by atoms with Crippen molar-refractivity contribution in [2.24, 2.45) is 0 Å². The maximum Gasteiger partial charge on any atom is 0.258 e. The third kappa shape index (κ3) is 3.63. The molecule has 0 saturated carbocycles. The van der Waals surface area contributed by atoms with Crippen molar-refractivity contribution in [1.82, 2.24) is 24.0 Å². The van der Waals surface area contributed by atoms with E-state index in [1.165, 1.54) is 0 Å². The molecule has 2 heterocycles. The van der Waals surface area contributed by atoms with Gasteiger partial charge in [0, 0.05) is 6.04 Å². The minimum absolute atomic E-state index is 0.102. The summed E-state index contributed by atoms with van der Waals surface area (Å²) in [6.07, 6.45) is 0. The van der Waals surface area contributed by atoms with E-state index in [0.29, 0.717) is 24.4 Å². The molecular formula is C22H25N5OS. The number of imidazole rings is 1. The molecule has 0 saturated heterocycles. The van der Waals surface area contributed by atoms with Crippen LogP contribution in [0.15, 0.2) is 53.3 Å². The number of para-hydroxylation sites is 3. The Kier molecular flexibility index (Phi) is 5.34. The zero-order valence-electron chi connectivity index (χ0n) is 16.9. The molecule has 150 valence electrons. The van der Waals surface area contributed by atoms with Crippen LogP contribution in [0.1, 0.15) is 32.6 Å². The summed E-state index contributed by atoms with van der Waals surface area (Å²) in [4.78, 5) is 22.2. The lowest BCUT2D eigenvalue weighted by molar-refractivity contribution is 0.216. The Labute approximate surface area is 174 Å². The van der Waals surface area contributed by atoms with Gasteiger partial charge in [0.15, 0.2) is 4.77 Å². The van der Waals surface area contributed by atoms with E-state index in [2.05, 4.69) is 56.9 Å². The summed E-state index contributed by atoms with van der Waals surface area (Å²) in [5, 5.41) is 0.613. The van der Waals surface area contributed by atoms with E-state index < -0.39 is 0 Å². The van der Waals surface area contributed by atoms with Crippen LogP contribution in [0.4, 0.5) is 0 Å². The van der Waals surface area contributed by atoms with Gasteiger partial charge in [0.1, 0.15) is 5.82 Å². The second kappa shape index (κ2) is 7.93. The van der Waals surface area contributed by atoms with Crippen molar-refractivity contribution in [2.75, 3.05) is 6.54 Å². The number of nitrogens with one attached hydrogen (secondary N) is 1. The standard InChI is InChI=1S/C22H25N5OS/c1-4-25(13-20-23-17-10-6-5-9-16(17)21(28)24-20)14-26-18-11-7-8-12-19(18)27(15(2)3)22(26)29/h5-12,15H,4,13-14H2,1-3H3,(H,23,24,28). The van der Waals surface area contributed by atoms with Gasteiger partial charge in [-0.1, -0.05) is 31.2 Å². The topological polar surface area (TPSA) is 58.9 Å². The van der Waals surface area contributed by atoms with E-state index in [-0.39, 0.29) is 11.6 Å². The van der Waals surface area contributed by atoms with Gasteiger partial charge in [-0.15, -0.1) is 0 Å². The molecule has 0 fully saturated rings. The summed E-state index contributed by atoms with van der Waals surface area (Å²) >= 11 is 5.81. The van der Waals surface area contributed by atoms with Gasteiger partial charge in [-0.05, 0) is 56.9 Å². The number of hydrogen-bond acceptors (Lipinski definition) is 4. The largest absolute Gasteiger partial charge is 0.314 e. The summed E-state index contributed by atoms with van der Waals surface area (Å²) < 4.78 is 5.15. The summed E-state index contributed by atoms with van der Waals surface area (Å²) in [5.74, 6) is 0.662. The van der Waals surface area contributed by atoms with Crippen LogP contribution in [0.2, 0.25) is 0 Å². The molecule has 2 aromatic heterocycles. The molecule has 0 aliphatic heterocycles. The second-order valence-corrected chi connectivity index (χ2v) is 7.84. The Morgan fingerprint density at radius 3 is 2.52 bits per heavy atom. The van der Waals surface area contributed by atoms with E-state index in [9.17, 15) is 4.79 Å². The summed E-state index contributed by atoms with van der Waals surface area (Å²) in [6, 6.07) is 16.0. The molecule has 2 aromatic carbocycles. The van der Waals surface area contributed by atoms with Gasteiger partial charge in [0.05, 0.1) is 35.1 Å². The molecule has 1 N–H and O–H groups in total. The fourth-order valence-electron chi connectivity index (χ4n) is 3.75. The molecule has 7 heteroatoms. The molecule has 0 aliphatic carbocycles. The first-order chi connectivity index (χ1) is 14.0. The first-order valence-corrected chi connectivity index (χ1v) is 10.3. The number of H-pyrrole nitrogens is 1. The van der Waals surface area contributed by atoms with E-state index in [4.69, 9.17) is 12.2 Å². The lowest BCUT2D eigenvalue weighted by Crippen LogP contribution is -2.28. The molecule has 4 aromatic rings. The summed E-state index contributed by atoms with van der Waals surface area (Å²) in [7, 11) is 0. The zero-order chi connectivity index (χ0) is 20.5. The highest BCUT2D eigenvalue weighted by Gasteiger charge is 2.15. The molecule has 0 amide bonds. The summed E-state index contributed by atoms with van der Waals surface area (Å²) in [5.41, 5.74) is 2.87. The predicted octanol–water partition coefficient (Wildman–Crippen LogP) is 4.47. The Hall–Kier alpha value is -2.77. The van der Waals surface area contributed by atoms with Gasteiger partial charge in [-0.2, -0.15) is 0 Å². The van der Waals surface area contributed by atoms with Gasteiger partial charge < -0.3 is 14.1 Å². The van der Waals surface area contributed by atoms with E-state index in [0.717, 1.165) is 27.9 Å². The van der Waals surface area contributed by atoms with Crippen molar-refractivity contribution >= 4 is 34.2 Å². The number of aromatic amines is 1. The van der Waals surface area contributed by atoms with Gasteiger partial charge >= 0.3 is 0 Å². The minimum Gasteiger partial charge on any atom is -0.314 e. The first kappa shape index (κ1) is 19.5. The maximum absolute atomic E-state index is 12.4. The van der Waals surface area contributed by atoms with Crippen LogP contribution in [0.25, 0.3) is 21.9 Å². The highest BCUT2D eigenvalue weighted by molar-refractivity contribution is 7.71. The van der Waals surface area contributed by atoms with Crippen molar-refractivity contribution in [3.8, 4) is 0 Å². The fraction of sp³-hybridized carbons (Fsp3) is 0.318. The maximum atomic E-state index is 12.4. The van der Waals surface area contributed by atoms with Gasteiger partial charge in [-0.3, -0.25) is 9.69 Å². The van der Waals surface area contributed by atoms with Crippen LogP contribution in [0.3, 0.4) is 0 Å². The molecule has 29 heavy (non-hydrogen) atoms. The average Bonchev–Trinajstić information content (AvgIpc) is 2.99. The van der Waals surface area contributed by atoms with Crippen molar-refractivity contribution in [3.05, 3.63) is 69.5 Å². The lowest BCUT2D eigenvalue weighted by atomic mass is 10.2. The molecule has 0 spiro atoms. The van der Waals surface area contributed by atoms with Crippen LogP contribution in [-0.4, -0.2) is 30.5 Å². The van der Waals surface area contributed by atoms with Crippen molar-refractivity contribution in [3.63, 3.8) is 0 Å². The van der Waals surface area contributed by atoms with Crippen molar-refractivity contribution < 1.29 is 0 Å². The SMILES string of the molecule is CCN(Cc1nc2ccccc2c(=O)[nH]1)Cn1c(=S)n(C(C)C)c2ccccc21. The number of nitrogens with zero attached hydrogens (tertiary/aromatic N) is 4. The monoisotopic (exact) mass is 407 g/mol. The van der Waals surface area contributed by atoms with Crippen LogP contribution < -0.4 is 5.56 Å². The zero-order valence-corrected chi connectivity index (χ0v) is 17.7. The quantitative estimate of drug-likeness (QED) is 0.479. The van der Waals surface area contributed by atoms with Crippen LogP contribution in [-0.2, 0) is 13.2 Å². The minimum atomic E-state index is -0.102. The molecule has 0 bridgehead atoms. The Bertz CT molecular complexity index is 1280. The predicted molar refractivity (Wildman–Crippen MR) is 120 cm³/mol. The number of benzene rings is 2. The molecule has 0 unspecified atom stereocenters. The van der Waals surface area contributed by atoms with Crippen LogP contribution in [0.5, 0.6) is 0 Å². The van der Waals surface area contributed by atoms with Crippen LogP contribution in [0, 0.1) is 4.77 Å². The van der Waals surface area contributed by atoms with Gasteiger partial charge in [-0.25, -0.2) is 4.98 Å².